The van der Waals surface area contributed by atoms with Crippen molar-refractivity contribution >= 4 is 21.9 Å². The van der Waals surface area contributed by atoms with Crippen molar-refractivity contribution in [2.75, 3.05) is 18.0 Å². The van der Waals surface area contributed by atoms with Crippen molar-refractivity contribution in [3.05, 3.63) is 28.7 Å². The van der Waals surface area contributed by atoms with Crippen LogP contribution in [0.25, 0.3) is 11.4 Å². The summed E-state index contributed by atoms with van der Waals surface area (Å²) in [5.41, 5.74) is 7.01. The van der Waals surface area contributed by atoms with Crippen molar-refractivity contribution < 1.29 is 0 Å². The summed E-state index contributed by atoms with van der Waals surface area (Å²) >= 11 is 3.53. The van der Waals surface area contributed by atoms with Gasteiger partial charge in [-0.3, -0.25) is 5.10 Å². The number of hydrogen-bond donors (Lipinski definition) is 2. The van der Waals surface area contributed by atoms with E-state index in [0.717, 1.165) is 47.7 Å². The smallest absolute Gasteiger partial charge is 0.245 e. The zero-order valence-electron chi connectivity index (χ0n) is 10.5. The molecule has 1 aromatic heterocycles. The minimum absolute atomic E-state index is 0.221. The molecule has 1 aromatic carbocycles. The molecule has 1 unspecified atom stereocenters. The maximum atomic E-state index is 5.99. The van der Waals surface area contributed by atoms with E-state index in [2.05, 4.69) is 36.0 Å². The zero-order valence-corrected chi connectivity index (χ0v) is 12.1. The molecule has 5 nitrogen and oxygen atoms in total. The summed E-state index contributed by atoms with van der Waals surface area (Å²) in [6, 6.07) is 8.19. The van der Waals surface area contributed by atoms with Crippen molar-refractivity contribution in [1.82, 2.24) is 15.2 Å². The molecule has 0 aliphatic carbocycles. The molecule has 0 amide bonds. The Morgan fingerprint density at radius 1 is 1.37 bits per heavy atom. The Kier molecular flexibility index (Phi) is 3.52. The lowest BCUT2D eigenvalue weighted by Crippen LogP contribution is -2.43. The van der Waals surface area contributed by atoms with E-state index in [4.69, 9.17) is 5.73 Å². The van der Waals surface area contributed by atoms with Gasteiger partial charge in [0, 0.05) is 29.2 Å². The molecular formula is C13H16BrN5. The topological polar surface area (TPSA) is 70.8 Å². The molecule has 3 N–H and O–H groups in total. The van der Waals surface area contributed by atoms with Crippen molar-refractivity contribution in [1.29, 1.82) is 0 Å². The molecule has 100 valence electrons. The molecule has 2 heterocycles. The largest absolute Gasteiger partial charge is 0.338 e. The third-order valence-electron chi connectivity index (χ3n) is 3.34. The van der Waals surface area contributed by atoms with Crippen LogP contribution in [0.2, 0.25) is 0 Å². The average molecular weight is 322 g/mol. The van der Waals surface area contributed by atoms with E-state index in [-0.39, 0.29) is 6.04 Å². The van der Waals surface area contributed by atoms with Crippen LogP contribution in [0.5, 0.6) is 0 Å². The summed E-state index contributed by atoms with van der Waals surface area (Å²) < 4.78 is 1.01. The number of anilines is 1. The molecule has 1 aliphatic rings. The molecule has 3 rings (SSSR count). The Balaban J connectivity index is 1.85. The highest BCUT2D eigenvalue weighted by Crippen LogP contribution is 2.26. The molecule has 0 bridgehead atoms. The zero-order chi connectivity index (χ0) is 13.2. The lowest BCUT2D eigenvalue weighted by atomic mass is 10.1. The third-order valence-corrected chi connectivity index (χ3v) is 4.03. The van der Waals surface area contributed by atoms with Gasteiger partial charge in [-0.05, 0) is 18.9 Å². The monoisotopic (exact) mass is 321 g/mol. The van der Waals surface area contributed by atoms with Gasteiger partial charge in [0.15, 0.2) is 5.82 Å². The van der Waals surface area contributed by atoms with Gasteiger partial charge in [-0.15, -0.1) is 5.10 Å². The molecule has 1 fully saturated rings. The van der Waals surface area contributed by atoms with E-state index >= 15 is 0 Å². The van der Waals surface area contributed by atoms with Gasteiger partial charge in [0.2, 0.25) is 5.95 Å². The summed E-state index contributed by atoms with van der Waals surface area (Å²) in [5, 5.41) is 7.31. The number of piperidine rings is 1. The molecule has 1 saturated heterocycles. The van der Waals surface area contributed by atoms with Crippen molar-refractivity contribution in [2.45, 2.75) is 18.9 Å². The number of aromatic nitrogens is 3. The number of nitrogens with two attached hydrogens (primary N) is 1. The fourth-order valence-electron chi connectivity index (χ4n) is 2.36. The SMILES string of the molecule is NC1CCCN(c2n[nH]c(-c3ccccc3Br)n2)C1. The van der Waals surface area contributed by atoms with Crippen LogP contribution >= 0.6 is 15.9 Å². The normalized spacial score (nSPS) is 19.7. The molecule has 19 heavy (non-hydrogen) atoms. The van der Waals surface area contributed by atoms with Crippen molar-refractivity contribution in [2.24, 2.45) is 5.73 Å². The maximum Gasteiger partial charge on any atom is 0.245 e. The van der Waals surface area contributed by atoms with Gasteiger partial charge in [-0.25, -0.2) is 0 Å². The van der Waals surface area contributed by atoms with E-state index in [1.165, 1.54) is 0 Å². The van der Waals surface area contributed by atoms with Crippen LogP contribution in [0.3, 0.4) is 0 Å². The number of hydrogen-bond acceptors (Lipinski definition) is 4. The second-order valence-corrected chi connectivity index (χ2v) is 5.67. The predicted octanol–water partition coefficient (Wildman–Crippen LogP) is 2.16. The molecular weight excluding hydrogens is 306 g/mol. The van der Waals surface area contributed by atoms with Gasteiger partial charge in [-0.1, -0.05) is 34.1 Å². The van der Waals surface area contributed by atoms with E-state index in [1.54, 1.807) is 0 Å². The minimum atomic E-state index is 0.221. The Morgan fingerprint density at radius 3 is 3.00 bits per heavy atom. The van der Waals surface area contributed by atoms with Crippen LogP contribution in [0.1, 0.15) is 12.8 Å². The van der Waals surface area contributed by atoms with Crippen LogP contribution < -0.4 is 10.6 Å². The number of aromatic amines is 1. The molecule has 0 spiro atoms. The highest BCUT2D eigenvalue weighted by molar-refractivity contribution is 9.10. The van der Waals surface area contributed by atoms with Crippen LogP contribution in [0.4, 0.5) is 5.95 Å². The Labute approximate surface area is 120 Å². The summed E-state index contributed by atoms with van der Waals surface area (Å²) in [5.74, 6) is 1.52. The van der Waals surface area contributed by atoms with Crippen molar-refractivity contribution in [3.8, 4) is 11.4 Å². The number of nitrogens with zero attached hydrogens (tertiary/aromatic N) is 3. The number of halogens is 1. The van der Waals surface area contributed by atoms with Crippen LogP contribution in [0.15, 0.2) is 28.7 Å². The van der Waals surface area contributed by atoms with Crippen molar-refractivity contribution in [3.63, 3.8) is 0 Å². The second-order valence-electron chi connectivity index (χ2n) is 4.81. The molecule has 2 aromatic rings. The first-order chi connectivity index (χ1) is 9.24. The van der Waals surface area contributed by atoms with Gasteiger partial charge in [0.05, 0.1) is 0 Å². The van der Waals surface area contributed by atoms with Gasteiger partial charge < -0.3 is 10.6 Å². The summed E-state index contributed by atoms with van der Waals surface area (Å²) in [6.45, 7) is 1.80. The van der Waals surface area contributed by atoms with Crippen LogP contribution in [-0.4, -0.2) is 34.3 Å². The number of benzene rings is 1. The lowest BCUT2D eigenvalue weighted by Gasteiger charge is -2.29. The summed E-state index contributed by atoms with van der Waals surface area (Å²) in [7, 11) is 0. The highest BCUT2D eigenvalue weighted by Gasteiger charge is 2.20. The fraction of sp³-hybridized carbons (Fsp3) is 0.385. The van der Waals surface area contributed by atoms with E-state index in [0.29, 0.717) is 0 Å². The predicted molar refractivity (Wildman–Crippen MR) is 78.9 cm³/mol. The minimum Gasteiger partial charge on any atom is -0.338 e. The standard InChI is InChI=1S/C13H16BrN5/c14-11-6-2-1-5-10(11)12-16-13(18-17-12)19-7-3-4-9(15)8-19/h1-2,5-6,9H,3-4,7-8,15H2,(H,16,17,18). The first kappa shape index (κ1) is 12.6. The molecule has 0 radical (unpaired) electrons. The Bertz CT molecular complexity index is 568. The summed E-state index contributed by atoms with van der Waals surface area (Å²) in [4.78, 5) is 6.72. The van der Waals surface area contributed by atoms with E-state index in [9.17, 15) is 0 Å². The fourth-order valence-corrected chi connectivity index (χ4v) is 2.83. The molecule has 6 heteroatoms. The van der Waals surface area contributed by atoms with E-state index < -0.39 is 0 Å². The van der Waals surface area contributed by atoms with Gasteiger partial charge >= 0.3 is 0 Å². The first-order valence-electron chi connectivity index (χ1n) is 6.42. The quantitative estimate of drug-likeness (QED) is 0.889. The van der Waals surface area contributed by atoms with Gasteiger partial charge in [-0.2, -0.15) is 4.98 Å². The van der Waals surface area contributed by atoms with Gasteiger partial charge in [0.1, 0.15) is 0 Å². The number of H-pyrrole nitrogens is 1. The summed E-state index contributed by atoms with van der Waals surface area (Å²) in [6.07, 6.45) is 2.18. The number of nitrogens with one attached hydrogen (secondary N) is 1. The third kappa shape index (κ3) is 2.64. The Morgan fingerprint density at radius 2 is 2.21 bits per heavy atom. The first-order valence-corrected chi connectivity index (χ1v) is 7.21. The molecule has 0 saturated carbocycles. The number of rotatable bonds is 2. The maximum absolute atomic E-state index is 5.99. The van der Waals surface area contributed by atoms with Crippen LogP contribution in [-0.2, 0) is 0 Å². The van der Waals surface area contributed by atoms with E-state index in [1.807, 2.05) is 24.3 Å². The molecule has 1 aliphatic heterocycles. The second kappa shape index (κ2) is 5.30. The van der Waals surface area contributed by atoms with Gasteiger partial charge in [0.25, 0.3) is 0 Å². The average Bonchev–Trinajstić information content (AvgIpc) is 2.89. The molecule has 1 atom stereocenters. The lowest BCUT2D eigenvalue weighted by molar-refractivity contribution is 0.500. The van der Waals surface area contributed by atoms with Crippen LogP contribution in [0, 0.1) is 0 Å². The highest BCUT2D eigenvalue weighted by atomic mass is 79.9. The Hall–Kier alpha value is -1.40.